The number of carbonyl (C=O) groups excluding carboxylic acids is 3. The molecule has 0 saturated carbocycles. The van der Waals surface area contributed by atoms with Crippen LogP contribution in [0.25, 0.3) is 11.0 Å². The molecule has 2 aromatic rings. The topological polar surface area (TPSA) is 90.8 Å². The molecule has 1 aromatic heterocycles. The fourth-order valence-corrected chi connectivity index (χ4v) is 6.96. The first-order valence-electron chi connectivity index (χ1n) is 13.5. The number of likely N-dealkylation sites (tertiary alicyclic amines) is 2. The maximum atomic E-state index is 13.4. The largest absolute Gasteiger partial charge is 0.349 e. The zero-order valence-electron chi connectivity index (χ0n) is 21.1. The number of benzene rings is 1. The zero-order valence-corrected chi connectivity index (χ0v) is 21.1. The number of carbonyl (C=O) groups is 3. The molecule has 2 bridgehead atoms. The number of nitrogens with one attached hydrogen (secondary N) is 1. The van der Waals surface area contributed by atoms with Crippen molar-refractivity contribution in [2.75, 3.05) is 32.7 Å². The predicted octanol–water partition coefficient (Wildman–Crippen LogP) is 2.35. The fraction of sp³-hybridized carbons (Fsp3) is 0.630. The summed E-state index contributed by atoms with van der Waals surface area (Å²) < 4.78 is 2.02. The highest BCUT2D eigenvalue weighted by molar-refractivity contribution is 5.80. The standard InChI is InChI=1S/C27H36N6O3/c1-30-23-6-3-2-5-21(23)29-24(30)14-28-26(35)19-9-11-31(12-10-19)27(36)32-15-18-13-20(17-32)22-7-4-8-25(34)33(22)16-18/h2-3,5-6,18-20,22H,4,7-17H2,1H3,(H,28,35)/t18?,20?,22-/m1/s1. The molecule has 5 heterocycles. The number of aromatic nitrogens is 2. The third kappa shape index (κ3) is 4.22. The van der Waals surface area contributed by atoms with Crippen molar-refractivity contribution in [2.24, 2.45) is 24.8 Å². The summed E-state index contributed by atoms with van der Waals surface area (Å²) in [5.41, 5.74) is 1.99. The molecule has 4 amide bonds. The van der Waals surface area contributed by atoms with E-state index in [4.69, 9.17) is 0 Å². The Hall–Kier alpha value is -3.10. The molecule has 1 aromatic carbocycles. The lowest BCUT2D eigenvalue weighted by molar-refractivity contribution is -0.144. The van der Waals surface area contributed by atoms with Crippen LogP contribution in [0.15, 0.2) is 24.3 Å². The average Bonchev–Trinajstić information content (AvgIpc) is 3.23. The molecule has 2 unspecified atom stereocenters. The Morgan fingerprint density at radius 2 is 1.86 bits per heavy atom. The zero-order chi connectivity index (χ0) is 24.8. The van der Waals surface area contributed by atoms with Crippen molar-refractivity contribution in [3.05, 3.63) is 30.1 Å². The minimum Gasteiger partial charge on any atom is -0.349 e. The second-order valence-corrected chi connectivity index (χ2v) is 11.1. The molecule has 1 N–H and O–H groups in total. The third-order valence-electron chi connectivity index (χ3n) is 8.89. The second-order valence-electron chi connectivity index (χ2n) is 11.1. The summed E-state index contributed by atoms with van der Waals surface area (Å²) in [4.78, 5) is 49.4. The molecule has 4 aliphatic heterocycles. The molecule has 0 spiro atoms. The molecular formula is C27H36N6O3. The van der Waals surface area contributed by atoms with E-state index in [0.29, 0.717) is 62.7 Å². The van der Waals surface area contributed by atoms with Crippen LogP contribution in [0.2, 0.25) is 0 Å². The van der Waals surface area contributed by atoms with Crippen LogP contribution in [0, 0.1) is 17.8 Å². The normalized spacial score (nSPS) is 26.8. The number of amides is 4. The van der Waals surface area contributed by atoms with Crippen LogP contribution in [0.5, 0.6) is 0 Å². The quantitative estimate of drug-likeness (QED) is 0.712. The van der Waals surface area contributed by atoms with Crippen molar-refractivity contribution >= 4 is 28.9 Å². The van der Waals surface area contributed by atoms with Gasteiger partial charge in [0.1, 0.15) is 5.82 Å². The van der Waals surface area contributed by atoms with E-state index in [1.54, 1.807) is 0 Å². The van der Waals surface area contributed by atoms with Gasteiger partial charge in [-0.2, -0.15) is 0 Å². The van der Waals surface area contributed by atoms with Crippen molar-refractivity contribution in [1.29, 1.82) is 0 Å². The van der Waals surface area contributed by atoms with Gasteiger partial charge in [-0.05, 0) is 56.1 Å². The van der Waals surface area contributed by atoms with E-state index in [1.807, 2.05) is 45.7 Å². The summed E-state index contributed by atoms with van der Waals surface area (Å²) in [7, 11) is 1.97. The van der Waals surface area contributed by atoms with Gasteiger partial charge in [-0.25, -0.2) is 9.78 Å². The van der Waals surface area contributed by atoms with Crippen molar-refractivity contribution in [2.45, 2.75) is 51.1 Å². The van der Waals surface area contributed by atoms with E-state index in [1.165, 1.54) is 0 Å². The average molecular weight is 493 g/mol. The van der Waals surface area contributed by atoms with Crippen molar-refractivity contribution in [1.82, 2.24) is 29.6 Å². The van der Waals surface area contributed by atoms with Gasteiger partial charge < -0.3 is 24.6 Å². The number of hydrogen-bond donors (Lipinski definition) is 1. The Kier molecular flexibility index (Phi) is 6.09. The highest BCUT2D eigenvalue weighted by Crippen LogP contribution is 2.38. The van der Waals surface area contributed by atoms with Gasteiger partial charge in [0.05, 0.1) is 17.6 Å². The van der Waals surface area contributed by atoms with Crippen molar-refractivity contribution < 1.29 is 14.4 Å². The third-order valence-corrected chi connectivity index (χ3v) is 8.89. The Labute approximate surface area is 211 Å². The highest BCUT2D eigenvalue weighted by Gasteiger charge is 2.45. The summed E-state index contributed by atoms with van der Waals surface area (Å²) >= 11 is 0. The summed E-state index contributed by atoms with van der Waals surface area (Å²) in [6.45, 7) is 3.93. The summed E-state index contributed by atoms with van der Waals surface area (Å²) in [5.74, 6) is 1.90. The van der Waals surface area contributed by atoms with Crippen LogP contribution in [0.1, 0.15) is 44.3 Å². The van der Waals surface area contributed by atoms with Crippen LogP contribution in [0.3, 0.4) is 0 Å². The number of rotatable bonds is 3. The molecule has 36 heavy (non-hydrogen) atoms. The Bertz CT molecular complexity index is 1170. The number of aryl methyl sites for hydroxylation is 1. The number of piperidine rings is 4. The van der Waals surface area contributed by atoms with E-state index in [2.05, 4.69) is 15.2 Å². The predicted molar refractivity (Wildman–Crippen MR) is 135 cm³/mol. The van der Waals surface area contributed by atoms with Gasteiger partial charge in [0.15, 0.2) is 0 Å². The smallest absolute Gasteiger partial charge is 0.320 e. The number of hydrogen-bond acceptors (Lipinski definition) is 4. The van der Waals surface area contributed by atoms with Crippen LogP contribution >= 0.6 is 0 Å². The van der Waals surface area contributed by atoms with Gasteiger partial charge in [-0.15, -0.1) is 0 Å². The van der Waals surface area contributed by atoms with Crippen LogP contribution in [0.4, 0.5) is 4.79 Å². The first-order valence-corrected chi connectivity index (χ1v) is 13.5. The molecule has 0 aliphatic carbocycles. The maximum absolute atomic E-state index is 13.4. The van der Waals surface area contributed by atoms with Crippen LogP contribution in [-0.2, 0) is 23.2 Å². The van der Waals surface area contributed by atoms with Gasteiger partial charge in [0.25, 0.3) is 0 Å². The van der Waals surface area contributed by atoms with E-state index >= 15 is 0 Å². The lowest BCUT2D eigenvalue weighted by Crippen LogP contribution is -2.62. The first kappa shape index (κ1) is 23.3. The summed E-state index contributed by atoms with van der Waals surface area (Å²) in [6.07, 6.45) is 5.23. The monoisotopic (exact) mass is 492 g/mol. The molecule has 6 rings (SSSR count). The fourth-order valence-electron chi connectivity index (χ4n) is 6.96. The molecule has 3 atom stereocenters. The van der Waals surface area contributed by atoms with Gasteiger partial charge in [-0.1, -0.05) is 12.1 Å². The highest BCUT2D eigenvalue weighted by atomic mass is 16.2. The number of para-hydroxylation sites is 2. The lowest BCUT2D eigenvalue weighted by atomic mass is 9.76. The Balaban J connectivity index is 1.01. The molecule has 9 nitrogen and oxygen atoms in total. The molecule has 4 saturated heterocycles. The minimum atomic E-state index is -0.0775. The molecule has 192 valence electrons. The molecule has 4 fully saturated rings. The van der Waals surface area contributed by atoms with E-state index < -0.39 is 0 Å². The Morgan fingerprint density at radius 3 is 2.67 bits per heavy atom. The van der Waals surface area contributed by atoms with E-state index in [-0.39, 0.29) is 17.9 Å². The SMILES string of the molecule is Cn1c(CNC(=O)C2CCN(C(=O)N3CC4CC(C3)[C@H]3CCCC(=O)N3C4)CC2)nc2ccccc21. The van der Waals surface area contributed by atoms with Gasteiger partial charge in [0, 0.05) is 58.2 Å². The van der Waals surface area contributed by atoms with E-state index in [9.17, 15) is 14.4 Å². The Morgan fingerprint density at radius 1 is 1.06 bits per heavy atom. The van der Waals surface area contributed by atoms with Gasteiger partial charge in [0.2, 0.25) is 11.8 Å². The van der Waals surface area contributed by atoms with Crippen LogP contribution < -0.4 is 5.32 Å². The molecule has 0 radical (unpaired) electrons. The second kappa shape index (κ2) is 9.41. The number of urea groups is 1. The van der Waals surface area contributed by atoms with Crippen molar-refractivity contribution in [3.63, 3.8) is 0 Å². The molecular weight excluding hydrogens is 456 g/mol. The minimum absolute atomic E-state index is 0.0451. The molecule has 9 heteroatoms. The van der Waals surface area contributed by atoms with Crippen molar-refractivity contribution in [3.8, 4) is 0 Å². The maximum Gasteiger partial charge on any atom is 0.320 e. The lowest BCUT2D eigenvalue weighted by Gasteiger charge is -2.53. The van der Waals surface area contributed by atoms with Gasteiger partial charge in [-0.3, -0.25) is 9.59 Å². The number of imidazole rings is 1. The van der Waals surface area contributed by atoms with Gasteiger partial charge >= 0.3 is 6.03 Å². The molecule has 4 aliphatic rings. The van der Waals surface area contributed by atoms with Crippen LogP contribution in [-0.4, -0.2) is 80.9 Å². The summed E-state index contributed by atoms with van der Waals surface area (Å²) in [5, 5.41) is 3.07. The first-order chi connectivity index (χ1) is 17.5. The number of fused-ring (bicyclic) bond motifs is 5. The van der Waals surface area contributed by atoms with E-state index in [0.717, 1.165) is 55.8 Å². The number of nitrogens with zero attached hydrogens (tertiary/aromatic N) is 5. The summed E-state index contributed by atoms with van der Waals surface area (Å²) in [6, 6.07) is 8.38.